The number of esters is 2. The van der Waals surface area contributed by atoms with Gasteiger partial charge in [-0.05, 0) is 77.0 Å². The van der Waals surface area contributed by atoms with Crippen LogP contribution in [0.4, 0.5) is 0 Å². The van der Waals surface area contributed by atoms with Gasteiger partial charge in [0.05, 0.1) is 6.61 Å². The average molecular weight is 993 g/mol. The molecule has 14 heteroatoms. The zero-order valence-electron chi connectivity index (χ0n) is 42.3. The third-order valence-corrected chi connectivity index (χ3v) is 12.7. The molecule has 0 bridgehead atoms. The molecular formula is C55H93O13P. The molecule has 0 amide bonds. The van der Waals surface area contributed by atoms with E-state index in [1.807, 2.05) is 18.2 Å². The molecule has 0 spiro atoms. The summed E-state index contributed by atoms with van der Waals surface area (Å²) in [4.78, 5) is 35.8. The molecule has 1 fully saturated rings. The highest BCUT2D eigenvalue weighted by atomic mass is 31.2. The lowest BCUT2D eigenvalue weighted by Gasteiger charge is -2.41. The smallest absolute Gasteiger partial charge is 0.462 e. The van der Waals surface area contributed by atoms with E-state index in [4.69, 9.17) is 18.5 Å². The van der Waals surface area contributed by atoms with Crippen molar-refractivity contribution in [2.24, 2.45) is 0 Å². The largest absolute Gasteiger partial charge is 0.472 e. The fourth-order valence-corrected chi connectivity index (χ4v) is 8.52. The number of phosphoric ester groups is 1. The maximum Gasteiger partial charge on any atom is 0.472 e. The van der Waals surface area contributed by atoms with Gasteiger partial charge in [-0.25, -0.2) is 4.57 Å². The molecular weight excluding hydrogens is 900 g/mol. The SMILES string of the molecule is CC/C=C/C/C=C/C/C=C/C/C=C/C/C=C/C/C=C/CCC(=O)OC[C@H](COP(=O)(O)OC1C(O)C(O)C(O)[C@@H](O)C1O)OC(=O)CCCCCCCCCCCCC/C=C/CCCCCCCC. The molecule has 69 heavy (non-hydrogen) atoms. The molecule has 8 atom stereocenters. The molecule has 13 nitrogen and oxygen atoms in total. The van der Waals surface area contributed by atoms with Crippen LogP contribution in [0.2, 0.25) is 0 Å². The van der Waals surface area contributed by atoms with Crippen LogP contribution in [0.3, 0.4) is 0 Å². The maximum atomic E-state index is 12.9. The summed E-state index contributed by atoms with van der Waals surface area (Å²) in [5.74, 6) is -1.20. The second kappa shape index (κ2) is 43.8. The maximum absolute atomic E-state index is 12.9. The molecule has 1 saturated carbocycles. The molecule has 6 N–H and O–H groups in total. The molecule has 6 unspecified atom stereocenters. The van der Waals surface area contributed by atoms with Crippen molar-refractivity contribution in [2.45, 2.75) is 236 Å². The third kappa shape index (κ3) is 35.7. The number of carbonyl (C=O) groups is 2. The Hall–Kier alpha value is -2.97. The van der Waals surface area contributed by atoms with Crippen molar-refractivity contribution < 1.29 is 63.1 Å². The normalized spacial score (nSPS) is 21.6. The van der Waals surface area contributed by atoms with E-state index in [9.17, 15) is 44.6 Å². The van der Waals surface area contributed by atoms with Crippen LogP contribution in [0.25, 0.3) is 0 Å². The summed E-state index contributed by atoms with van der Waals surface area (Å²) in [6, 6.07) is 0. The first kappa shape index (κ1) is 64.0. The van der Waals surface area contributed by atoms with Crippen LogP contribution in [0.1, 0.15) is 194 Å². The first-order valence-corrected chi connectivity index (χ1v) is 27.9. The van der Waals surface area contributed by atoms with Crippen LogP contribution in [0, 0.1) is 0 Å². The number of phosphoric acid groups is 1. The van der Waals surface area contributed by atoms with Crippen molar-refractivity contribution in [2.75, 3.05) is 13.2 Å². The highest BCUT2D eigenvalue weighted by molar-refractivity contribution is 7.47. The van der Waals surface area contributed by atoms with E-state index in [-0.39, 0.29) is 12.8 Å². The second-order valence-electron chi connectivity index (χ2n) is 18.0. The Kier molecular flexibility index (Phi) is 40.6. The topological polar surface area (TPSA) is 210 Å². The number of allylic oxidation sites excluding steroid dienone is 14. The van der Waals surface area contributed by atoms with E-state index in [0.29, 0.717) is 19.3 Å². The van der Waals surface area contributed by atoms with Gasteiger partial charge in [-0.15, -0.1) is 0 Å². The Morgan fingerprint density at radius 3 is 1.32 bits per heavy atom. The summed E-state index contributed by atoms with van der Waals surface area (Å²) in [5, 5.41) is 50.3. The van der Waals surface area contributed by atoms with E-state index < -0.39 is 75.7 Å². The summed E-state index contributed by atoms with van der Waals surface area (Å²) in [5.41, 5.74) is 0. The third-order valence-electron chi connectivity index (χ3n) is 11.7. The van der Waals surface area contributed by atoms with Gasteiger partial charge in [-0.1, -0.05) is 189 Å². The molecule has 1 aliphatic rings. The van der Waals surface area contributed by atoms with Gasteiger partial charge in [0.2, 0.25) is 0 Å². The number of hydrogen-bond acceptors (Lipinski definition) is 12. The quantitative estimate of drug-likeness (QED) is 0.0146. The molecule has 0 aromatic rings. The first-order valence-electron chi connectivity index (χ1n) is 26.4. The van der Waals surface area contributed by atoms with Crippen LogP contribution in [-0.2, 0) is 32.7 Å². The Labute approximate surface area is 416 Å². The van der Waals surface area contributed by atoms with Gasteiger partial charge in [0.1, 0.15) is 43.2 Å². The number of hydrogen-bond donors (Lipinski definition) is 6. The zero-order chi connectivity index (χ0) is 50.6. The number of rotatable bonds is 43. The highest BCUT2D eigenvalue weighted by Gasteiger charge is 2.51. The molecule has 0 aliphatic heterocycles. The highest BCUT2D eigenvalue weighted by Crippen LogP contribution is 2.47. The number of unbranched alkanes of at least 4 members (excludes halogenated alkanes) is 17. The van der Waals surface area contributed by atoms with Crippen LogP contribution in [-0.4, -0.2) is 98.3 Å². The summed E-state index contributed by atoms with van der Waals surface area (Å²) >= 11 is 0. The minimum Gasteiger partial charge on any atom is -0.462 e. The van der Waals surface area contributed by atoms with E-state index in [0.717, 1.165) is 57.8 Å². The summed E-state index contributed by atoms with van der Waals surface area (Å²) in [7, 11) is -5.15. The second-order valence-corrected chi connectivity index (χ2v) is 19.4. The summed E-state index contributed by atoms with van der Waals surface area (Å²) < 4.78 is 33.6. The van der Waals surface area contributed by atoms with Gasteiger partial charge in [-0.2, -0.15) is 0 Å². The summed E-state index contributed by atoms with van der Waals surface area (Å²) in [6.45, 7) is 3.13. The van der Waals surface area contributed by atoms with Crippen molar-refractivity contribution in [1.29, 1.82) is 0 Å². The number of aliphatic hydroxyl groups excluding tert-OH is 5. The van der Waals surface area contributed by atoms with Gasteiger partial charge < -0.3 is 39.9 Å². The Morgan fingerprint density at radius 2 is 0.855 bits per heavy atom. The van der Waals surface area contributed by atoms with Gasteiger partial charge in [0.15, 0.2) is 6.10 Å². The average Bonchev–Trinajstić information content (AvgIpc) is 3.33. The monoisotopic (exact) mass is 993 g/mol. The van der Waals surface area contributed by atoms with Crippen LogP contribution >= 0.6 is 7.82 Å². The Bertz CT molecular complexity index is 1520. The van der Waals surface area contributed by atoms with Crippen molar-refractivity contribution >= 4 is 19.8 Å². The molecule has 396 valence electrons. The van der Waals surface area contributed by atoms with Crippen molar-refractivity contribution in [3.05, 3.63) is 85.1 Å². The fourth-order valence-electron chi connectivity index (χ4n) is 7.54. The number of carbonyl (C=O) groups excluding carboxylic acids is 2. The van der Waals surface area contributed by atoms with E-state index in [1.54, 1.807) is 0 Å². The first-order chi connectivity index (χ1) is 33.4. The minimum atomic E-state index is -5.15. The predicted molar refractivity (Wildman–Crippen MR) is 276 cm³/mol. The lowest BCUT2D eigenvalue weighted by atomic mass is 9.85. The molecule has 0 aromatic carbocycles. The van der Waals surface area contributed by atoms with Crippen LogP contribution in [0.5, 0.6) is 0 Å². The number of aliphatic hydroxyl groups is 5. The standard InChI is InChI=1S/C55H93O13P/c1-3-5-7-9-11-13-15-17-19-21-23-24-26-28-30-32-34-36-38-40-42-44-49(57)67-47(46-66-69(63,64)68-55-53(61)51(59)50(58)52(60)54(55)62)45-65-48(56)43-41-39-37-35-33-31-29-27-25-22-20-18-16-14-12-10-8-6-4-2/h6,8,12,14,17-20,25,27,31,33,37,39,47,50-55,58-62H,3-5,7,9-11,13,15-16,21-24,26,28-30,32,34-36,38,40-46H2,1-2H3,(H,63,64)/b8-6+,14-12+,19-17+,20-18+,27-25+,33-31+,39-37+/t47-,50?,51-,52?,53?,54?,55?/m1/s1. The predicted octanol–water partition coefficient (Wildman–Crippen LogP) is 11.6. The Morgan fingerprint density at radius 1 is 0.464 bits per heavy atom. The lowest BCUT2D eigenvalue weighted by Crippen LogP contribution is -2.64. The van der Waals surface area contributed by atoms with E-state index in [1.165, 1.54) is 89.9 Å². The van der Waals surface area contributed by atoms with Gasteiger partial charge >= 0.3 is 19.8 Å². The molecule has 0 aromatic heterocycles. The van der Waals surface area contributed by atoms with Crippen molar-refractivity contribution in [3.8, 4) is 0 Å². The van der Waals surface area contributed by atoms with Gasteiger partial charge in [0, 0.05) is 12.8 Å². The molecule has 1 rings (SSSR count). The van der Waals surface area contributed by atoms with Crippen molar-refractivity contribution in [1.82, 2.24) is 0 Å². The van der Waals surface area contributed by atoms with E-state index in [2.05, 4.69) is 80.7 Å². The summed E-state index contributed by atoms with van der Waals surface area (Å²) in [6.07, 6.45) is 45.0. The zero-order valence-corrected chi connectivity index (χ0v) is 43.2. The molecule has 0 radical (unpaired) electrons. The fraction of sp³-hybridized carbons (Fsp3) is 0.709. The lowest BCUT2D eigenvalue weighted by molar-refractivity contribution is -0.220. The van der Waals surface area contributed by atoms with Crippen LogP contribution in [0.15, 0.2) is 85.1 Å². The number of ether oxygens (including phenoxy) is 2. The molecule has 0 saturated heterocycles. The minimum absolute atomic E-state index is 0.0382. The van der Waals surface area contributed by atoms with Crippen LogP contribution < -0.4 is 0 Å². The molecule has 0 heterocycles. The van der Waals surface area contributed by atoms with E-state index >= 15 is 0 Å². The van der Waals surface area contributed by atoms with Gasteiger partial charge in [-0.3, -0.25) is 18.6 Å². The van der Waals surface area contributed by atoms with Crippen molar-refractivity contribution in [3.63, 3.8) is 0 Å². The molecule has 1 aliphatic carbocycles. The van der Waals surface area contributed by atoms with Gasteiger partial charge in [0.25, 0.3) is 0 Å². The Balaban J connectivity index is 2.44.